The number of benzene rings is 3. The quantitative estimate of drug-likeness (QED) is 0.0255. The van der Waals surface area contributed by atoms with Gasteiger partial charge in [-0.25, -0.2) is 55.5 Å². The number of nitrogens with zero attached hydrogens (tertiary/aromatic N) is 2. The molecule has 0 atom stereocenters. The molecule has 0 unspecified atom stereocenters. The SMILES string of the molecule is O=S(=O)([O-])OCCN=c1ccc2nc3c(Cl)c4c(c(Cl)c3oc-2c1S(=O)(=O)CCOS(=O)(=O)[O-])Nc1ccc(NCCOS(=O)(=O)[O-])c(S(=O)(=O)CCOS(=O)(=O)[O-])c1O4.[Na+].[Na+].[Na+].[Na+]. The van der Waals surface area contributed by atoms with Gasteiger partial charge in [0.1, 0.15) is 36.7 Å². The number of rotatable bonds is 19. The van der Waals surface area contributed by atoms with Crippen molar-refractivity contribution in [1.82, 2.24) is 4.98 Å². The molecule has 3 aliphatic rings. The van der Waals surface area contributed by atoms with E-state index in [4.69, 9.17) is 32.4 Å². The van der Waals surface area contributed by atoms with Crippen LogP contribution in [0, 0.1) is 0 Å². The van der Waals surface area contributed by atoms with Gasteiger partial charge in [-0.2, -0.15) is 0 Å². The summed E-state index contributed by atoms with van der Waals surface area (Å²) < 4.78 is 214. The van der Waals surface area contributed by atoms with Crippen molar-refractivity contribution in [3.63, 3.8) is 0 Å². The fraction of sp³-hybridized carbons (Fsp3) is 0.308. The second kappa shape index (κ2) is 24.5. The van der Waals surface area contributed by atoms with E-state index in [1.54, 1.807) is 0 Å². The molecule has 0 fully saturated rings. The Labute approximate surface area is 463 Å². The van der Waals surface area contributed by atoms with Crippen LogP contribution in [0.25, 0.3) is 22.6 Å². The molecule has 2 aromatic rings. The maximum atomic E-state index is 13.7. The molecule has 2 heterocycles. The summed E-state index contributed by atoms with van der Waals surface area (Å²) in [6.07, 6.45) is 0. The van der Waals surface area contributed by atoms with Gasteiger partial charge in [0, 0.05) is 6.54 Å². The van der Waals surface area contributed by atoms with Crippen LogP contribution in [0.15, 0.2) is 43.5 Å². The van der Waals surface area contributed by atoms with E-state index in [2.05, 4.69) is 37.3 Å². The van der Waals surface area contributed by atoms with E-state index >= 15 is 0 Å². The van der Waals surface area contributed by atoms with Crippen molar-refractivity contribution in [3.05, 3.63) is 39.7 Å². The molecule has 0 aromatic heterocycles. The molecule has 2 aliphatic heterocycles. The number of hydrogen-bond acceptors (Lipinski definition) is 26. The summed E-state index contributed by atoms with van der Waals surface area (Å²) in [5.41, 5.74) is -1.90. The fourth-order valence-electron chi connectivity index (χ4n) is 5.19. The van der Waals surface area contributed by atoms with Crippen molar-refractivity contribution in [1.29, 1.82) is 0 Å². The summed E-state index contributed by atoms with van der Waals surface area (Å²) in [6.45, 7) is -5.10. The van der Waals surface area contributed by atoms with E-state index in [-0.39, 0.29) is 147 Å². The van der Waals surface area contributed by atoms with Gasteiger partial charge in [-0.1, -0.05) is 23.2 Å². The van der Waals surface area contributed by atoms with Crippen LogP contribution in [0.5, 0.6) is 11.5 Å². The zero-order valence-electron chi connectivity index (χ0n) is 33.0. The summed E-state index contributed by atoms with van der Waals surface area (Å²) in [5, 5.41) is 3.93. The van der Waals surface area contributed by atoms with Crippen LogP contribution >= 0.6 is 23.2 Å². The molecule has 0 saturated heterocycles. The third-order valence-corrected chi connectivity index (χ3v) is 13.4. The number of sulfone groups is 2. The Morgan fingerprint density at radius 3 is 1.72 bits per heavy atom. The number of halogens is 2. The van der Waals surface area contributed by atoms with Gasteiger partial charge >= 0.3 is 118 Å². The number of nitrogens with one attached hydrogen (secondary N) is 2. The van der Waals surface area contributed by atoms with Crippen LogP contribution in [-0.4, -0.2) is 125 Å². The van der Waals surface area contributed by atoms with Gasteiger partial charge in [0.05, 0.1) is 61.2 Å². The van der Waals surface area contributed by atoms with Gasteiger partial charge in [-0.15, -0.1) is 0 Å². The first-order valence-electron chi connectivity index (χ1n) is 15.6. The molecule has 38 heteroatoms. The molecule has 64 heavy (non-hydrogen) atoms. The Bertz CT molecular complexity index is 3110. The van der Waals surface area contributed by atoms with Crippen molar-refractivity contribution < 1.29 is 213 Å². The maximum absolute atomic E-state index is 13.7. The third-order valence-electron chi connectivity index (χ3n) is 7.38. The molecule has 0 radical (unpaired) electrons. The number of anilines is 3. The van der Waals surface area contributed by atoms with Gasteiger partial charge in [-0.3, -0.25) is 21.7 Å². The van der Waals surface area contributed by atoms with Crippen molar-refractivity contribution in [2.75, 3.05) is 61.7 Å². The maximum Gasteiger partial charge on any atom is 1.00 e. The minimum Gasteiger partial charge on any atom is -0.726 e. The number of fused-ring (bicyclic) bond motifs is 4. The molecule has 2 N–H and O–H groups in total. The van der Waals surface area contributed by atoms with E-state index < -0.39 is 160 Å². The molecule has 5 rings (SSSR count). The van der Waals surface area contributed by atoms with Crippen LogP contribution < -0.4 is 139 Å². The Morgan fingerprint density at radius 1 is 0.656 bits per heavy atom. The normalized spacial score (nSPS) is 13.2. The molecular formula is C26H22Cl2N4Na4O22S6. The van der Waals surface area contributed by atoms with Gasteiger partial charge < -0.3 is 38.0 Å². The molecule has 1 aliphatic carbocycles. The predicted molar refractivity (Wildman–Crippen MR) is 196 cm³/mol. The summed E-state index contributed by atoms with van der Waals surface area (Å²) in [5.74, 6) is -3.91. The van der Waals surface area contributed by atoms with Crippen LogP contribution in [0.1, 0.15) is 0 Å². The minimum absolute atomic E-state index is 0. The van der Waals surface area contributed by atoms with Gasteiger partial charge in [0.2, 0.25) is 41.6 Å². The fourth-order valence-corrected chi connectivity index (χ4v) is 9.87. The molecule has 2 aromatic carbocycles. The van der Waals surface area contributed by atoms with Crippen molar-refractivity contribution in [2.45, 2.75) is 9.79 Å². The average molecular weight is 1100 g/mol. The standard InChI is InChI=1S/C26H26Cl2N4O22S6.4Na/c27-17-19-23(53-21-13(31-19)1-3-15(29-5-7-49-57(37,38)39)25(21)55(33,34)11-9-51-59(43,44)45)18(28)20-24(17)54-22-14(32-20)2-4-16(30-6-8-50-58(40,41)42)26(22)56(35,36)12-10-52-60(46,47)48;;;;/h1-4,29,31H,5-12H2,(H,37,38,39)(H,40,41,42)(H,43,44,45)(H,46,47,48);;;;/q;4*+1/p-4. The Kier molecular flexibility index (Phi) is 23.9. The van der Waals surface area contributed by atoms with Crippen LogP contribution in [-0.2, 0) is 78.0 Å². The number of ether oxygens (including phenoxy) is 1. The van der Waals surface area contributed by atoms with Crippen molar-refractivity contribution in [2.24, 2.45) is 4.99 Å². The van der Waals surface area contributed by atoms with E-state index in [1.165, 1.54) is 6.07 Å². The molecule has 332 valence electrons. The molecule has 0 bridgehead atoms. The zero-order valence-corrected chi connectivity index (χ0v) is 47.5. The van der Waals surface area contributed by atoms with Gasteiger partial charge in [-0.05, 0) is 24.3 Å². The first-order valence-corrected chi connectivity index (χ1v) is 25.0. The number of hydrogen-bond donors (Lipinski definition) is 2. The molecule has 0 spiro atoms. The first kappa shape index (κ1) is 62.4. The third kappa shape index (κ3) is 16.8. The predicted octanol–water partition coefficient (Wildman–Crippen LogP) is -12.1. The second-order valence-corrected chi connectivity index (χ2v) is 20.5. The summed E-state index contributed by atoms with van der Waals surface area (Å²) >= 11 is 13.4. The van der Waals surface area contributed by atoms with Gasteiger partial charge in [0.15, 0.2) is 42.5 Å². The van der Waals surface area contributed by atoms with E-state index in [9.17, 15) is 68.7 Å². The van der Waals surface area contributed by atoms with E-state index in [0.717, 1.165) is 18.2 Å². The summed E-state index contributed by atoms with van der Waals surface area (Å²) in [4.78, 5) is 6.70. The Hall–Kier alpha value is 0.420. The largest absolute Gasteiger partial charge is 1.00 e. The summed E-state index contributed by atoms with van der Waals surface area (Å²) in [6, 6.07) is 4.49. The van der Waals surface area contributed by atoms with Crippen LogP contribution in [0.2, 0.25) is 10.0 Å². The van der Waals surface area contributed by atoms with Crippen LogP contribution in [0.4, 0.5) is 17.1 Å². The van der Waals surface area contributed by atoms with Crippen molar-refractivity contribution >= 4 is 113 Å². The Morgan fingerprint density at radius 2 is 1.17 bits per heavy atom. The van der Waals surface area contributed by atoms with Crippen LogP contribution in [0.3, 0.4) is 0 Å². The van der Waals surface area contributed by atoms with E-state index in [1.807, 2.05) is 0 Å². The second-order valence-electron chi connectivity index (χ2n) is 11.4. The summed E-state index contributed by atoms with van der Waals surface area (Å²) in [7, 11) is -30.5. The molecule has 0 saturated carbocycles. The first-order chi connectivity index (χ1) is 27.6. The zero-order chi connectivity index (χ0) is 44.6. The number of aromatic nitrogens is 1. The topological polar surface area (TPSA) is 406 Å². The Balaban J connectivity index is 0.00000512. The smallest absolute Gasteiger partial charge is 0.726 e. The van der Waals surface area contributed by atoms with Gasteiger partial charge in [0.25, 0.3) is 0 Å². The molecule has 0 amide bonds. The molecule has 26 nitrogen and oxygen atoms in total. The monoisotopic (exact) mass is 1100 g/mol. The van der Waals surface area contributed by atoms with E-state index in [0.29, 0.717) is 0 Å². The van der Waals surface area contributed by atoms with Crippen molar-refractivity contribution in [3.8, 4) is 23.0 Å². The average Bonchev–Trinajstić information content (AvgIpc) is 3.10. The minimum atomic E-state index is -5.35. The molecular weight excluding hydrogens is 1080 g/mol.